The largest absolute Gasteiger partial charge is 0.453 e. The van der Waals surface area contributed by atoms with E-state index in [0.717, 1.165) is 48.4 Å². The van der Waals surface area contributed by atoms with Crippen LogP contribution in [0.5, 0.6) is 0 Å². The third-order valence-electron chi connectivity index (χ3n) is 6.71. The van der Waals surface area contributed by atoms with E-state index in [1.54, 1.807) is 11.3 Å². The van der Waals surface area contributed by atoms with Gasteiger partial charge in [-0.3, -0.25) is 4.98 Å². The summed E-state index contributed by atoms with van der Waals surface area (Å²) in [4.78, 5) is 9.68. The van der Waals surface area contributed by atoms with Gasteiger partial charge in [0.05, 0.1) is 15.4 Å². The van der Waals surface area contributed by atoms with E-state index >= 15 is 0 Å². The summed E-state index contributed by atoms with van der Waals surface area (Å²) in [5, 5.41) is 3.25. The summed E-state index contributed by atoms with van der Waals surface area (Å²) in [5.41, 5.74) is 11.0. The summed E-state index contributed by atoms with van der Waals surface area (Å²) in [6.07, 6.45) is 2.05. The minimum absolute atomic E-state index is 0.374. The Labute approximate surface area is 203 Å². The molecule has 0 aliphatic rings. The lowest BCUT2D eigenvalue weighted by atomic mass is 9.88. The van der Waals surface area contributed by atoms with Crippen LogP contribution >= 0.6 is 11.3 Å². The Morgan fingerprint density at radius 1 is 0.824 bits per heavy atom. The SMILES string of the molecule is Cc1nc2c(ccc3c4cccc(-c5cc(-c6c(C)cccc6C)c(C(C)C)cn5)c4oc32)s1. The minimum Gasteiger partial charge on any atom is -0.453 e. The van der Waals surface area contributed by atoms with Crippen molar-refractivity contribution in [1.82, 2.24) is 9.97 Å². The van der Waals surface area contributed by atoms with Crippen molar-refractivity contribution >= 4 is 43.5 Å². The van der Waals surface area contributed by atoms with Crippen molar-refractivity contribution < 1.29 is 4.42 Å². The molecule has 0 atom stereocenters. The highest BCUT2D eigenvalue weighted by atomic mass is 32.1. The van der Waals surface area contributed by atoms with Crippen molar-refractivity contribution in [2.75, 3.05) is 0 Å². The molecule has 34 heavy (non-hydrogen) atoms. The number of benzene rings is 3. The molecule has 0 aliphatic heterocycles. The molecule has 3 aromatic carbocycles. The molecule has 3 heterocycles. The van der Waals surface area contributed by atoms with Gasteiger partial charge in [0.15, 0.2) is 5.58 Å². The van der Waals surface area contributed by atoms with Gasteiger partial charge in [0.1, 0.15) is 11.1 Å². The van der Waals surface area contributed by atoms with Crippen molar-refractivity contribution in [3.05, 3.63) is 82.5 Å². The van der Waals surface area contributed by atoms with Crippen molar-refractivity contribution in [3.63, 3.8) is 0 Å². The van der Waals surface area contributed by atoms with Crippen LogP contribution in [-0.2, 0) is 0 Å². The molecule has 3 nitrogen and oxygen atoms in total. The van der Waals surface area contributed by atoms with Gasteiger partial charge in [0.2, 0.25) is 0 Å². The fourth-order valence-corrected chi connectivity index (χ4v) is 5.91. The molecule has 0 saturated heterocycles. The highest BCUT2D eigenvalue weighted by Gasteiger charge is 2.19. The molecule has 0 unspecified atom stereocenters. The van der Waals surface area contributed by atoms with E-state index in [-0.39, 0.29) is 0 Å². The molecule has 6 rings (SSSR count). The molecule has 3 aromatic heterocycles. The zero-order chi connectivity index (χ0) is 23.6. The van der Waals surface area contributed by atoms with Gasteiger partial charge in [0, 0.05) is 22.5 Å². The monoisotopic (exact) mass is 462 g/mol. The average Bonchev–Trinajstić information content (AvgIpc) is 3.38. The Morgan fingerprint density at radius 2 is 1.56 bits per heavy atom. The Morgan fingerprint density at radius 3 is 2.32 bits per heavy atom. The summed E-state index contributed by atoms with van der Waals surface area (Å²) >= 11 is 1.70. The number of aryl methyl sites for hydroxylation is 3. The molecule has 0 N–H and O–H groups in total. The van der Waals surface area contributed by atoms with Crippen molar-refractivity contribution in [3.8, 4) is 22.4 Å². The predicted molar refractivity (Wildman–Crippen MR) is 144 cm³/mol. The first kappa shape index (κ1) is 21.1. The lowest BCUT2D eigenvalue weighted by molar-refractivity contribution is 0.672. The second kappa shape index (κ2) is 7.78. The fraction of sp³-hybridized carbons (Fsp3) is 0.200. The standard InChI is InChI=1S/C30H26N2OS/c1-16(2)24-15-31-25(14-23(24)27-17(3)8-6-9-18(27)4)22-11-7-10-20-21-12-13-26-28(32-19(5)34-26)30(21)33-29(20)22/h6-16H,1-5H3. The van der Waals surface area contributed by atoms with Crippen LogP contribution in [0.15, 0.2) is 65.2 Å². The first-order valence-corrected chi connectivity index (χ1v) is 12.5. The van der Waals surface area contributed by atoms with Gasteiger partial charge in [-0.25, -0.2) is 4.98 Å². The Balaban J connectivity index is 1.64. The minimum atomic E-state index is 0.374. The van der Waals surface area contributed by atoms with Crippen LogP contribution in [0.2, 0.25) is 0 Å². The zero-order valence-electron chi connectivity index (χ0n) is 20.1. The maximum Gasteiger partial charge on any atom is 0.162 e. The predicted octanol–water partition coefficient (Wildman–Crippen LogP) is 8.97. The van der Waals surface area contributed by atoms with Gasteiger partial charge in [-0.1, -0.05) is 44.2 Å². The van der Waals surface area contributed by atoms with Crippen molar-refractivity contribution in [1.29, 1.82) is 0 Å². The number of furan rings is 1. The highest BCUT2D eigenvalue weighted by Crippen LogP contribution is 2.41. The van der Waals surface area contributed by atoms with E-state index in [1.165, 1.54) is 27.8 Å². The molecular weight excluding hydrogens is 436 g/mol. The number of thiazole rings is 1. The normalized spacial score (nSPS) is 11.9. The molecule has 0 bridgehead atoms. The molecule has 0 radical (unpaired) electrons. The van der Waals surface area contributed by atoms with Gasteiger partial charge in [-0.15, -0.1) is 11.3 Å². The second-order valence-corrected chi connectivity index (χ2v) is 10.6. The van der Waals surface area contributed by atoms with E-state index in [2.05, 4.69) is 82.3 Å². The Bertz CT molecular complexity index is 1700. The number of fused-ring (bicyclic) bond motifs is 5. The maximum absolute atomic E-state index is 6.54. The Kier molecular flexibility index (Phi) is 4.82. The molecule has 0 aliphatic carbocycles. The lowest BCUT2D eigenvalue weighted by Gasteiger charge is -2.18. The number of para-hydroxylation sites is 1. The number of aromatic nitrogens is 2. The van der Waals surface area contributed by atoms with Crippen LogP contribution in [0, 0.1) is 20.8 Å². The van der Waals surface area contributed by atoms with Crippen molar-refractivity contribution in [2.45, 2.75) is 40.5 Å². The average molecular weight is 463 g/mol. The quantitative estimate of drug-likeness (QED) is 0.263. The van der Waals surface area contributed by atoms with E-state index in [4.69, 9.17) is 14.4 Å². The molecule has 4 heteroatoms. The molecular formula is C30H26N2OS. The van der Waals surface area contributed by atoms with Crippen molar-refractivity contribution in [2.24, 2.45) is 0 Å². The number of pyridine rings is 1. The summed E-state index contributed by atoms with van der Waals surface area (Å²) in [6, 6.07) is 19.4. The molecule has 0 fully saturated rings. The van der Waals surface area contributed by atoms with Crippen LogP contribution in [0.3, 0.4) is 0 Å². The maximum atomic E-state index is 6.54. The summed E-state index contributed by atoms with van der Waals surface area (Å²) in [5.74, 6) is 0.374. The third kappa shape index (κ3) is 3.17. The topological polar surface area (TPSA) is 38.9 Å². The van der Waals surface area contributed by atoms with Crippen LogP contribution in [0.1, 0.15) is 41.5 Å². The molecule has 168 valence electrons. The third-order valence-corrected chi connectivity index (χ3v) is 7.65. The molecule has 0 amide bonds. The summed E-state index contributed by atoms with van der Waals surface area (Å²) in [7, 11) is 0. The van der Waals surface area contributed by atoms with E-state index in [9.17, 15) is 0 Å². The fourth-order valence-electron chi connectivity index (χ4n) is 5.09. The Hall–Kier alpha value is -3.50. The van der Waals surface area contributed by atoms with Gasteiger partial charge in [-0.05, 0) is 78.8 Å². The molecule has 0 saturated carbocycles. The number of hydrogen-bond donors (Lipinski definition) is 0. The molecule has 6 aromatic rings. The van der Waals surface area contributed by atoms with Gasteiger partial charge in [-0.2, -0.15) is 0 Å². The van der Waals surface area contributed by atoms with Crippen LogP contribution in [0.25, 0.3) is 54.5 Å². The second-order valence-electron chi connectivity index (χ2n) is 9.38. The summed E-state index contributed by atoms with van der Waals surface area (Å²) in [6.45, 7) is 10.9. The lowest BCUT2D eigenvalue weighted by Crippen LogP contribution is -1.99. The number of rotatable bonds is 3. The first-order valence-electron chi connectivity index (χ1n) is 11.7. The van der Waals surface area contributed by atoms with Gasteiger partial charge < -0.3 is 4.42 Å². The van der Waals surface area contributed by atoms with Gasteiger partial charge >= 0.3 is 0 Å². The zero-order valence-corrected chi connectivity index (χ0v) is 20.9. The number of nitrogens with zero attached hydrogens (tertiary/aromatic N) is 2. The highest BCUT2D eigenvalue weighted by molar-refractivity contribution is 7.18. The molecule has 0 spiro atoms. The number of hydrogen-bond acceptors (Lipinski definition) is 4. The van der Waals surface area contributed by atoms with Crippen LogP contribution in [-0.4, -0.2) is 9.97 Å². The smallest absolute Gasteiger partial charge is 0.162 e. The van der Waals surface area contributed by atoms with E-state index < -0.39 is 0 Å². The van der Waals surface area contributed by atoms with E-state index in [1.807, 2.05) is 13.1 Å². The van der Waals surface area contributed by atoms with Crippen LogP contribution in [0.4, 0.5) is 0 Å². The first-order chi connectivity index (χ1) is 16.4. The van der Waals surface area contributed by atoms with E-state index in [0.29, 0.717) is 5.92 Å². The summed E-state index contributed by atoms with van der Waals surface area (Å²) < 4.78 is 7.69. The van der Waals surface area contributed by atoms with Crippen LogP contribution < -0.4 is 0 Å². The van der Waals surface area contributed by atoms with Gasteiger partial charge in [0.25, 0.3) is 0 Å².